The van der Waals surface area contributed by atoms with Crippen LogP contribution in [0.2, 0.25) is 0 Å². The van der Waals surface area contributed by atoms with Crippen molar-refractivity contribution < 1.29 is 9.66 Å². The summed E-state index contributed by atoms with van der Waals surface area (Å²) in [5.41, 5.74) is 0.776. The third-order valence-electron chi connectivity index (χ3n) is 3.57. The largest absolute Gasteiger partial charge is 0.453 e. The zero-order valence-corrected chi connectivity index (χ0v) is 16.4. The van der Waals surface area contributed by atoms with Gasteiger partial charge in [-0.15, -0.1) is 0 Å². The summed E-state index contributed by atoms with van der Waals surface area (Å²) < 4.78 is 8.23. The number of hydrogen-bond donors (Lipinski definition) is 0. The molecule has 3 rings (SSSR count). The molecule has 2 aromatic carbocycles. The van der Waals surface area contributed by atoms with Gasteiger partial charge in [-0.2, -0.15) is 0 Å². The van der Waals surface area contributed by atoms with Crippen molar-refractivity contribution >= 4 is 37.5 Å². The zero-order chi connectivity index (χ0) is 18.7. The van der Waals surface area contributed by atoms with Gasteiger partial charge in [-0.25, -0.2) is 0 Å². The number of hydrogen-bond acceptors (Lipinski definition) is 4. The van der Waals surface area contributed by atoms with Crippen LogP contribution in [0.25, 0.3) is 0 Å². The number of halogens is 2. The number of ether oxygens (including phenoxy) is 1. The topological polar surface area (TPSA) is 74.4 Å². The summed E-state index contributed by atoms with van der Waals surface area (Å²) in [5.74, 6) is 0.830. The smallest absolute Gasteiger partial charge is 0.271 e. The van der Waals surface area contributed by atoms with Gasteiger partial charge in [0.05, 0.1) is 26.6 Å². The highest BCUT2D eigenvalue weighted by Gasteiger charge is 2.16. The summed E-state index contributed by atoms with van der Waals surface area (Å²) >= 11 is 6.57. The average molecular weight is 480 g/mol. The Bertz CT molecular complexity index is 996. The van der Waals surface area contributed by atoms with Gasteiger partial charge >= 0.3 is 0 Å². The predicted molar refractivity (Wildman–Crippen MR) is 105 cm³/mol. The fraction of sp³-hybridized carbons (Fsp3) is 0.0556. The Kier molecular flexibility index (Phi) is 5.53. The normalized spacial score (nSPS) is 10.5. The fourth-order valence-corrected chi connectivity index (χ4v) is 3.66. The van der Waals surface area contributed by atoms with Gasteiger partial charge in [0, 0.05) is 18.2 Å². The van der Waals surface area contributed by atoms with E-state index in [4.69, 9.17) is 4.74 Å². The van der Waals surface area contributed by atoms with E-state index in [1.54, 1.807) is 12.3 Å². The molecule has 3 aromatic rings. The standard InChI is InChI=1S/C18H12Br2N2O4/c19-15-8-13(22(24)25)9-16(20)18(15)26-14-6-7-17(23)21(11-14)10-12-4-2-1-3-5-12/h1-9,11H,10H2. The average Bonchev–Trinajstić information content (AvgIpc) is 2.61. The minimum absolute atomic E-state index is 0.0647. The van der Waals surface area contributed by atoms with Crippen LogP contribution in [0.5, 0.6) is 11.5 Å². The van der Waals surface area contributed by atoms with Crippen molar-refractivity contribution in [1.29, 1.82) is 0 Å². The lowest BCUT2D eigenvalue weighted by atomic mass is 10.2. The Morgan fingerprint density at radius 1 is 1.04 bits per heavy atom. The third kappa shape index (κ3) is 4.20. The van der Waals surface area contributed by atoms with Gasteiger partial charge in [0.25, 0.3) is 11.2 Å². The second-order valence-corrected chi connectivity index (χ2v) is 7.12. The molecule has 0 N–H and O–H groups in total. The van der Waals surface area contributed by atoms with Gasteiger partial charge in [-0.05, 0) is 43.5 Å². The lowest BCUT2D eigenvalue weighted by molar-refractivity contribution is -0.385. The molecule has 1 heterocycles. The molecule has 0 saturated carbocycles. The van der Waals surface area contributed by atoms with E-state index in [1.165, 1.54) is 22.8 Å². The van der Waals surface area contributed by atoms with Crippen molar-refractivity contribution in [3.63, 3.8) is 0 Å². The third-order valence-corrected chi connectivity index (χ3v) is 4.74. The van der Waals surface area contributed by atoms with Crippen LogP contribution in [0.1, 0.15) is 5.56 Å². The van der Waals surface area contributed by atoms with E-state index in [1.807, 2.05) is 30.3 Å². The van der Waals surface area contributed by atoms with Gasteiger partial charge in [-0.1, -0.05) is 30.3 Å². The summed E-state index contributed by atoms with van der Waals surface area (Å²) in [7, 11) is 0. The van der Waals surface area contributed by atoms with Crippen molar-refractivity contribution in [1.82, 2.24) is 4.57 Å². The maximum atomic E-state index is 12.1. The first-order valence-corrected chi connectivity index (χ1v) is 9.08. The fourth-order valence-electron chi connectivity index (χ4n) is 2.34. The van der Waals surface area contributed by atoms with Crippen molar-refractivity contribution in [2.24, 2.45) is 0 Å². The van der Waals surface area contributed by atoms with E-state index in [0.717, 1.165) is 5.56 Å². The van der Waals surface area contributed by atoms with Crippen molar-refractivity contribution in [3.05, 3.63) is 95.8 Å². The van der Waals surface area contributed by atoms with E-state index in [9.17, 15) is 14.9 Å². The number of non-ortho nitro benzene ring substituents is 1. The van der Waals surface area contributed by atoms with Crippen molar-refractivity contribution in [3.8, 4) is 11.5 Å². The molecule has 6 nitrogen and oxygen atoms in total. The van der Waals surface area contributed by atoms with Gasteiger partial charge in [0.2, 0.25) is 0 Å². The molecule has 0 spiro atoms. The predicted octanol–water partition coefficient (Wildman–Crippen LogP) is 5.12. The summed E-state index contributed by atoms with van der Waals surface area (Å²) in [6, 6.07) is 15.3. The van der Waals surface area contributed by atoms with E-state index in [2.05, 4.69) is 31.9 Å². The number of nitrogens with zero attached hydrogens (tertiary/aromatic N) is 2. The first-order chi connectivity index (χ1) is 12.4. The molecule has 0 atom stereocenters. The van der Waals surface area contributed by atoms with Crippen LogP contribution in [0.3, 0.4) is 0 Å². The number of aromatic nitrogens is 1. The molecule has 0 aliphatic heterocycles. The molecule has 0 radical (unpaired) electrons. The first kappa shape index (κ1) is 18.3. The number of benzene rings is 2. The first-order valence-electron chi connectivity index (χ1n) is 7.50. The maximum absolute atomic E-state index is 12.1. The van der Waals surface area contributed by atoms with E-state index < -0.39 is 4.92 Å². The van der Waals surface area contributed by atoms with Crippen LogP contribution in [-0.2, 0) is 6.54 Å². The molecule has 1 aromatic heterocycles. The highest BCUT2D eigenvalue weighted by molar-refractivity contribution is 9.11. The number of pyridine rings is 1. The lowest BCUT2D eigenvalue weighted by Crippen LogP contribution is -2.18. The lowest BCUT2D eigenvalue weighted by Gasteiger charge is -2.12. The summed E-state index contributed by atoms with van der Waals surface area (Å²) in [6.45, 7) is 0.416. The van der Waals surface area contributed by atoms with Crippen LogP contribution in [0, 0.1) is 10.1 Å². The number of nitro groups is 1. The Balaban J connectivity index is 1.91. The van der Waals surface area contributed by atoms with Gasteiger partial charge in [0.15, 0.2) is 5.75 Å². The summed E-state index contributed by atoms with van der Waals surface area (Å²) in [6.07, 6.45) is 1.61. The van der Waals surface area contributed by atoms with E-state index in [0.29, 0.717) is 27.0 Å². The molecule has 0 amide bonds. The quantitative estimate of drug-likeness (QED) is 0.376. The molecule has 0 bridgehead atoms. The SMILES string of the molecule is O=c1ccc(Oc2c(Br)cc([N+](=O)[O-])cc2Br)cn1Cc1ccccc1. The second-order valence-electron chi connectivity index (χ2n) is 5.41. The van der Waals surface area contributed by atoms with Crippen molar-refractivity contribution in [2.45, 2.75) is 6.54 Å². The highest BCUT2D eigenvalue weighted by atomic mass is 79.9. The zero-order valence-electron chi connectivity index (χ0n) is 13.3. The van der Waals surface area contributed by atoms with Crippen LogP contribution >= 0.6 is 31.9 Å². The van der Waals surface area contributed by atoms with Gasteiger partial charge < -0.3 is 9.30 Å². The monoisotopic (exact) mass is 478 g/mol. The van der Waals surface area contributed by atoms with Crippen LogP contribution in [-0.4, -0.2) is 9.49 Å². The molecule has 132 valence electrons. The Morgan fingerprint density at radius 2 is 1.69 bits per heavy atom. The van der Waals surface area contributed by atoms with Crippen LogP contribution in [0.15, 0.2) is 74.5 Å². The molecule has 26 heavy (non-hydrogen) atoms. The molecular weight excluding hydrogens is 468 g/mol. The van der Waals surface area contributed by atoms with Gasteiger partial charge in [-0.3, -0.25) is 14.9 Å². The Hall–Kier alpha value is -2.45. The number of rotatable bonds is 5. The van der Waals surface area contributed by atoms with Crippen LogP contribution in [0.4, 0.5) is 5.69 Å². The van der Waals surface area contributed by atoms with E-state index >= 15 is 0 Å². The Labute approximate surface area is 165 Å². The molecular formula is C18H12Br2N2O4. The van der Waals surface area contributed by atoms with E-state index in [-0.39, 0.29) is 11.2 Å². The molecule has 0 fully saturated rings. The maximum Gasteiger partial charge on any atom is 0.271 e. The van der Waals surface area contributed by atoms with Gasteiger partial charge in [0.1, 0.15) is 5.75 Å². The Morgan fingerprint density at radius 3 is 2.31 bits per heavy atom. The summed E-state index contributed by atoms with van der Waals surface area (Å²) in [5, 5.41) is 10.9. The molecule has 0 saturated heterocycles. The number of nitro benzene ring substituents is 1. The minimum Gasteiger partial charge on any atom is -0.453 e. The molecule has 0 unspecified atom stereocenters. The molecule has 0 aliphatic carbocycles. The molecule has 8 heteroatoms. The summed E-state index contributed by atoms with van der Waals surface area (Å²) in [4.78, 5) is 22.5. The molecule has 0 aliphatic rings. The van der Waals surface area contributed by atoms with Crippen LogP contribution < -0.4 is 10.3 Å². The second kappa shape index (κ2) is 7.84. The van der Waals surface area contributed by atoms with Crippen molar-refractivity contribution in [2.75, 3.05) is 0 Å². The highest BCUT2D eigenvalue weighted by Crippen LogP contribution is 2.39. The minimum atomic E-state index is -0.487.